The van der Waals surface area contributed by atoms with Gasteiger partial charge in [-0.05, 0) is 44.8 Å². The van der Waals surface area contributed by atoms with Gasteiger partial charge in [-0.3, -0.25) is 4.98 Å². The first-order chi connectivity index (χ1) is 5.41. The molecule has 0 saturated carbocycles. The van der Waals surface area contributed by atoms with Crippen LogP contribution in [-0.4, -0.2) is 4.98 Å². The Balaban J connectivity index is 3.19. The summed E-state index contributed by atoms with van der Waals surface area (Å²) in [5, 5.41) is 0. The fraction of sp³-hybridized carbons (Fsp3) is 0.167. The Hall–Kier alpha value is 0.110. The molecule has 0 fully saturated rings. The van der Waals surface area contributed by atoms with E-state index < -0.39 is 6.85 Å². The molecular weight excluding hydrogens is 246 g/mol. The minimum absolute atomic E-state index is 0.0886. The molecule has 0 aromatic carbocycles. The van der Waals surface area contributed by atoms with Gasteiger partial charge in [0.25, 0.3) is 0 Å². The number of pyridine rings is 1. The first-order valence-electron chi connectivity index (χ1n) is 3.73. The van der Waals surface area contributed by atoms with Crippen molar-refractivity contribution in [1.29, 1.82) is 0 Å². The number of halogens is 2. The largest absolute Gasteiger partial charge is 0.259 e. The smallest absolute Gasteiger partial charge is 0.0515 e. The summed E-state index contributed by atoms with van der Waals surface area (Å²) in [6.07, 6.45) is 1.46. The van der Waals surface area contributed by atoms with E-state index in [2.05, 4.69) is 36.8 Å². The molecule has 0 aliphatic heterocycles. The van der Waals surface area contributed by atoms with Crippen molar-refractivity contribution in [3.63, 3.8) is 0 Å². The fourth-order valence-corrected chi connectivity index (χ4v) is 1.40. The predicted octanol–water partition coefficient (Wildman–Crippen LogP) is 2.92. The van der Waals surface area contributed by atoms with Crippen LogP contribution >= 0.6 is 31.9 Å². The van der Waals surface area contributed by atoms with Crippen LogP contribution in [0, 0.1) is 6.85 Å². The van der Waals surface area contributed by atoms with Crippen LogP contribution in [0.25, 0.3) is 0 Å². The van der Waals surface area contributed by atoms with Crippen LogP contribution in [0.5, 0.6) is 0 Å². The minimum Gasteiger partial charge on any atom is -0.259 e. The Morgan fingerprint density at radius 2 is 2.44 bits per heavy atom. The van der Waals surface area contributed by atoms with E-state index in [-0.39, 0.29) is 5.69 Å². The molecule has 0 N–H and O–H groups in total. The van der Waals surface area contributed by atoms with Gasteiger partial charge in [0.1, 0.15) is 0 Å². The molecule has 0 amide bonds. The average Bonchev–Trinajstić information content (AvgIpc) is 1.83. The summed E-state index contributed by atoms with van der Waals surface area (Å²) in [7, 11) is 0. The Labute approximate surface area is 75.0 Å². The Morgan fingerprint density at radius 1 is 1.67 bits per heavy atom. The second kappa shape index (κ2) is 2.80. The normalized spacial score (nSPS) is 16.0. The number of aryl methyl sites for hydroxylation is 1. The molecule has 0 radical (unpaired) electrons. The molecule has 9 heavy (non-hydrogen) atoms. The molecule has 1 heterocycles. The third kappa shape index (κ3) is 1.76. The Bertz CT molecular complexity index is 297. The predicted molar refractivity (Wildman–Crippen MR) is 44.4 cm³/mol. The molecule has 0 aliphatic rings. The van der Waals surface area contributed by atoms with Gasteiger partial charge in [-0.15, -0.1) is 0 Å². The van der Waals surface area contributed by atoms with Gasteiger partial charge < -0.3 is 0 Å². The molecule has 0 unspecified atom stereocenters. The van der Waals surface area contributed by atoms with E-state index in [9.17, 15) is 0 Å². The van der Waals surface area contributed by atoms with E-state index in [1.165, 1.54) is 6.20 Å². The van der Waals surface area contributed by atoms with E-state index >= 15 is 0 Å². The van der Waals surface area contributed by atoms with Gasteiger partial charge in [0.2, 0.25) is 0 Å². The monoisotopic (exact) mass is 252 g/mol. The molecule has 1 aromatic rings. The lowest BCUT2D eigenvalue weighted by atomic mass is 10.4. The van der Waals surface area contributed by atoms with Crippen LogP contribution in [0.1, 0.15) is 9.81 Å². The van der Waals surface area contributed by atoms with Crippen molar-refractivity contribution in [2.75, 3.05) is 0 Å². The Morgan fingerprint density at radius 3 is 3.00 bits per heavy atom. The second-order valence-corrected chi connectivity index (χ2v) is 3.25. The first-order valence-corrected chi connectivity index (χ1v) is 3.81. The summed E-state index contributed by atoms with van der Waals surface area (Å²) in [5.74, 6) is 0. The highest BCUT2D eigenvalue weighted by Crippen LogP contribution is 2.17. The maximum atomic E-state index is 7.11. The number of nitrogens with zero attached hydrogens (tertiary/aromatic N) is 1. The highest BCUT2D eigenvalue weighted by Gasteiger charge is 1.93. The van der Waals surface area contributed by atoms with Gasteiger partial charge in [0.05, 0.1) is 5.69 Å². The van der Waals surface area contributed by atoms with Crippen molar-refractivity contribution in [2.45, 2.75) is 6.85 Å². The van der Waals surface area contributed by atoms with E-state index in [0.717, 1.165) is 4.47 Å². The molecule has 0 atom stereocenters. The molecule has 0 spiro atoms. The molecule has 0 saturated heterocycles. The lowest BCUT2D eigenvalue weighted by Crippen LogP contribution is -1.80. The van der Waals surface area contributed by atoms with Gasteiger partial charge in [-0.25, -0.2) is 0 Å². The summed E-state index contributed by atoms with van der Waals surface area (Å²) < 4.78 is 22.6. The van der Waals surface area contributed by atoms with Crippen LogP contribution < -0.4 is 0 Å². The SMILES string of the molecule is [2H]C([2H])([2H])c1ncc(Br)cc1Br. The number of hydrogen-bond donors (Lipinski definition) is 0. The fourth-order valence-electron chi connectivity index (χ4n) is 0.415. The number of aromatic nitrogens is 1. The van der Waals surface area contributed by atoms with Crippen molar-refractivity contribution in [3.8, 4) is 0 Å². The lowest BCUT2D eigenvalue weighted by molar-refractivity contribution is 1.17. The highest BCUT2D eigenvalue weighted by molar-refractivity contribution is 9.11. The van der Waals surface area contributed by atoms with Crippen molar-refractivity contribution < 1.29 is 4.11 Å². The zero-order valence-corrected chi connectivity index (χ0v) is 7.53. The second-order valence-electron chi connectivity index (χ2n) is 1.48. The van der Waals surface area contributed by atoms with Crippen LogP contribution in [0.15, 0.2) is 21.2 Å². The van der Waals surface area contributed by atoms with Gasteiger partial charge >= 0.3 is 0 Å². The van der Waals surface area contributed by atoms with Crippen molar-refractivity contribution >= 4 is 31.9 Å². The first kappa shape index (κ1) is 4.09. The molecule has 1 rings (SSSR count). The summed E-state index contributed by atoms with van der Waals surface area (Å²) in [6.45, 7) is -2.15. The number of hydrogen-bond acceptors (Lipinski definition) is 1. The van der Waals surface area contributed by atoms with Crippen LogP contribution in [0.4, 0.5) is 0 Å². The lowest BCUT2D eigenvalue weighted by Gasteiger charge is -1.94. The zero-order chi connectivity index (χ0) is 9.35. The average molecular weight is 254 g/mol. The maximum absolute atomic E-state index is 7.11. The van der Waals surface area contributed by atoms with Crippen LogP contribution in [-0.2, 0) is 0 Å². The minimum atomic E-state index is -2.15. The Kier molecular flexibility index (Phi) is 1.27. The maximum Gasteiger partial charge on any atom is 0.0515 e. The summed E-state index contributed by atoms with van der Waals surface area (Å²) in [5.41, 5.74) is 0.0886. The van der Waals surface area contributed by atoms with Gasteiger partial charge in [0, 0.05) is 19.3 Å². The standard InChI is InChI=1S/C6H5Br2N/c1-4-6(8)2-5(7)3-9-4/h2-3H,1H3/i1D3. The summed E-state index contributed by atoms with van der Waals surface area (Å²) >= 11 is 6.32. The molecule has 3 heteroatoms. The van der Waals surface area contributed by atoms with Crippen molar-refractivity contribution in [2.24, 2.45) is 0 Å². The number of rotatable bonds is 0. The molecule has 1 nitrogen and oxygen atoms in total. The third-order valence-corrected chi connectivity index (χ3v) is 1.85. The van der Waals surface area contributed by atoms with Crippen molar-refractivity contribution in [3.05, 3.63) is 26.9 Å². The molecule has 0 aliphatic carbocycles. The zero-order valence-electron chi connectivity index (χ0n) is 7.36. The summed E-state index contributed by atoms with van der Waals surface area (Å²) in [4.78, 5) is 3.79. The van der Waals surface area contributed by atoms with E-state index in [0.29, 0.717) is 4.47 Å². The van der Waals surface area contributed by atoms with Crippen molar-refractivity contribution in [1.82, 2.24) is 4.98 Å². The molecular formula is C6H5Br2N. The van der Waals surface area contributed by atoms with E-state index in [1.807, 2.05) is 0 Å². The summed E-state index contributed by atoms with van der Waals surface area (Å²) in [6, 6.07) is 1.66. The van der Waals surface area contributed by atoms with Gasteiger partial charge in [-0.2, -0.15) is 0 Å². The highest BCUT2D eigenvalue weighted by atomic mass is 79.9. The topological polar surface area (TPSA) is 12.9 Å². The third-order valence-electron chi connectivity index (χ3n) is 0.808. The molecule has 48 valence electrons. The van der Waals surface area contributed by atoms with Gasteiger partial charge in [-0.1, -0.05) is 0 Å². The molecule has 0 bridgehead atoms. The van der Waals surface area contributed by atoms with Crippen LogP contribution in [0.3, 0.4) is 0 Å². The van der Waals surface area contributed by atoms with Crippen LogP contribution in [0.2, 0.25) is 0 Å². The van der Waals surface area contributed by atoms with Gasteiger partial charge in [0.15, 0.2) is 0 Å². The molecule has 1 aromatic heterocycles. The quantitative estimate of drug-likeness (QED) is 0.693. The van der Waals surface area contributed by atoms with E-state index in [1.54, 1.807) is 6.07 Å². The van der Waals surface area contributed by atoms with E-state index in [4.69, 9.17) is 4.11 Å².